The molecule has 2 amide bonds. The van der Waals surface area contributed by atoms with Crippen LogP contribution in [-0.4, -0.2) is 23.5 Å². The Hall–Kier alpha value is -2.50. The molecule has 166 valence electrons. The molecule has 1 aliphatic carbocycles. The molecule has 2 aromatic rings. The standard InChI is InChI=1S/C25H29F3N2O/c1-17(18-7-3-2-4-8-18)29-24(31)30-16-15-19-9-5-6-10-22(19)23(30)20-11-13-21(14-12-20)25(26,27)28/h5-6,9-14,17-18,23H,2-4,7-8,15-16H2,1H3,(H,29,31)/t17-,23-/m1/s1. The van der Waals surface area contributed by atoms with Crippen molar-refractivity contribution < 1.29 is 18.0 Å². The molecule has 1 heterocycles. The number of alkyl halides is 3. The van der Waals surface area contributed by atoms with Crippen LogP contribution in [0, 0.1) is 5.92 Å². The van der Waals surface area contributed by atoms with Crippen LogP contribution in [0.1, 0.15) is 67.3 Å². The molecule has 0 spiro atoms. The van der Waals surface area contributed by atoms with E-state index in [0.717, 1.165) is 42.5 Å². The lowest BCUT2D eigenvalue weighted by molar-refractivity contribution is -0.137. The number of urea groups is 1. The number of fused-ring (bicyclic) bond motifs is 1. The Bertz CT molecular complexity index is 904. The van der Waals surface area contributed by atoms with Crippen LogP contribution >= 0.6 is 0 Å². The van der Waals surface area contributed by atoms with E-state index in [0.29, 0.717) is 18.0 Å². The maximum absolute atomic E-state index is 13.3. The molecule has 0 unspecified atom stereocenters. The van der Waals surface area contributed by atoms with E-state index in [1.54, 1.807) is 4.90 Å². The van der Waals surface area contributed by atoms with E-state index in [1.807, 2.05) is 24.3 Å². The van der Waals surface area contributed by atoms with Crippen molar-refractivity contribution in [2.75, 3.05) is 6.54 Å². The molecular formula is C25H29F3N2O. The zero-order chi connectivity index (χ0) is 22.0. The van der Waals surface area contributed by atoms with E-state index >= 15 is 0 Å². The summed E-state index contributed by atoms with van der Waals surface area (Å²) in [5.74, 6) is 0.485. The normalized spacial score (nSPS) is 20.8. The van der Waals surface area contributed by atoms with Crippen molar-refractivity contribution in [3.05, 3.63) is 70.8 Å². The number of amides is 2. The predicted molar refractivity (Wildman–Crippen MR) is 115 cm³/mol. The first kappa shape index (κ1) is 21.7. The van der Waals surface area contributed by atoms with E-state index in [-0.39, 0.29) is 12.1 Å². The number of rotatable bonds is 3. The minimum absolute atomic E-state index is 0.0817. The molecule has 1 saturated carbocycles. The van der Waals surface area contributed by atoms with Crippen molar-refractivity contribution in [1.82, 2.24) is 10.2 Å². The Labute approximate surface area is 181 Å². The summed E-state index contributed by atoms with van der Waals surface area (Å²) in [6, 6.07) is 12.6. The lowest BCUT2D eigenvalue weighted by atomic mass is 9.84. The van der Waals surface area contributed by atoms with Crippen LogP contribution in [0.4, 0.5) is 18.0 Å². The number of halogens is 3. The van der Waals surface area contributed by atoms with Gasteiger partial charge in [-0.25, -0.2) is 4.79 Å². The second kappa shape index (κ2) is 8.93. The van der Waals surface area contributed by atoms with Gasteiger partial charge in [-0.05, 0) is 60.9 Å². The summed E-state index contributed by atoms with van der Waals surface area (Å²) >= 11 is 0. The number of hydrogen-bond donors (Lipinski definition) is 1. The average Bonchev–Trinajstić information content (AvgIpc) is 2.78. The van der Waals surface area contributed by atoms with Gasteiger partial charge in [-0.3, -0.25) is 0 Å². The summed E-state index contributed by atoms with van der Waals surface area (Å²) in [7, 11) is 0. The molecule has 1 aliphatic heterocycles. The summed E-state index contributed by atoms with van der Waals surface area (Å²) in [6.07, 6.45) is 2.29. The SMILES string of the molecule is C[C@@H](NC(=O)N1CCc2ccccc2[C@H]1c1ccc(C(F)(F)F)cc1)C1CCCCC1. The Morgan fingerprint density at radius 3 is 2.39 bits per heavy atom. The van der Waals surface area contributed by atoms with Gasteiger partial charge in [0.2, 0.25) is 0 Å². The first-order valence-electron chi connectivity index (χ1n) is 11.2. The van der Waals surface area contributed by atoms with Crippen molar-refractivity contribution in [2.45, 2.75) is 63.7 Å². The third-order valence-electron chi connectivity index (χ3n) is 6.81. The Morgan fingerprint density at radius 2 is 1.71 bits per heavy atom. The average molecular weight is 431 g/mol. The van der Waals surface area contributed by atoms with Gasteiger partial charge in [0, 0.05) is 12.6 Å². The molecule has 1 N–H and O–H groups in total. The Balaban J connectivity index is 1.61. The van der Waals surface area contributed by atoms with Gasteiger partial charge in [0.1, 0.15) is 0 Å². The van der Waals surface area contributed by atoms with Gasteiger partial charge in [0.25, 0.3) is 0 Å². The van der Waals surface area contributed by atoms with Gasteiger partial charge in [0.05, 0.1) is 11.6 Å². The van der Waals surface area contributed by atoms with Crippen LogP contribution in [0.3, 0.4) is 0 Å². The van der Waals surface area contributed by atoms with Crippen LogP contribution < -0.4 is 5.32 Å². The summed E-state index contributed by atoms with van der Waals surface area (Å²) in [6.45, 7) is 2.60. The maximum atomic E-state index is 13.3. The Morgan fingerprint density at radius 1 is 1.03 bits per heavy atom. The molecule has 0 bridgehead atoms. The van der Waals surface area contributed by atoms with E-state index in [2.05, 4.69) is 12.2 Å². The second-order valence-corrected chi connectivity index (χ2v) is 8.80. The third kappa shape index (κ3) is 4.73. The highest BCUT2D eigenvalue weighted by Crippen LogP contribution is 2.37. The minimum atomic E-state index is -4.38. The quantitative estimate of drug-likeness (QED) is 0.606. The zero-order valence-electron chi connectivity index (χ0n) is 17.8. The molecule has 2 atom stereocenters. The summed E-state index contributed by atoms with van der Waals surface area (Å²) in [5.41, 5.74) is 2.13. The lowest BCUT2D eigenvalue weighted by Gasteiger charge is -2.39. The van der Waals surface area contributed by atoms with Crippen molar-refractivity contribution in [1.29, 1.82) is 0 Å². The molecule has 31 heavy (non-hydrogen) atoms. The molecule has 4 rings (SSSR count). The summed E-state index contributed by atoms with van der Waals surface area (Å²) in [5, 5.41) is 3.19. The molecular weight excluding hydrogens is 401 g/mol. The van der Waals surface area contributed by atoms with E-state index in [1.165, 1.54) is 31.4 Å². The zero-order valence-corrected chi connectivity index (χ0v) is 17.8. The van der Waals surface area contributed by atoms with E-state index < -0.39 is 17.8 Å². The van der Waals surface area contributed by atoms with Gasteiger partial charge < -0.3 is 10.2 Å². The minimum Gasteiger partial charge on any atom is -0.335 e. The monoisotopic (exact) mass is 430 g/mol. The van der Waals surface area contributed by atoms with Gasteiger partial charge >= 0.3 is 12.2 Å². The summed E-state index contributed by atoms with van der Waals surface area (Å²) in [4.78, 5) is 15.1. The number of carbonyl (C=O) groups excluding carboxylic acids is 1. The van der Waals surface area contributed by atoms with Crippen LogP contribution in [0.5, 0.6) is 0 Å². The predicted octanol–water partition coefficient (Wildman–Crippen LogP) is 6.33. The maximum Gasteiger partial charge on any atom is 0.416 e. The number of benzene rings is 2. The largest absolute Gasteiger partial charge is 0.416 e. The molecule has 6 heteroatoms. The first-order chi connectivity index (χ1) is 14.8. The molecule has 1 fully saturated rings. The van der Waals surface area contributed by atoms with Gasteiger partial charge in [-0.2, -0.15) is 13.2 Å². The van der Waals surface area contributed by atoms with Crippen LogP contribution in [0.25, 0.3) is 0 Å². The first-order valence-corrected chi connectivity index (χ1v) is 11.2. The Kier molecular flexibility index (Phi) is 6.26. The highest BCUT2D eigenvalue weighted by Gasteiger charge is 2.35. The van der Waals surface area contributed by atoms with Crippen LogP contribution in [-0.2, 0) is 12.6 Å². The highest BCUT2D eigenvalue weighted by molar-refractivity contribution is 5.76. The van der Waals surface area contributed by atoms with Gasteiger partial charge in [0.15, 0.2) is 0 Å². The fraction of sp³-hybridized carbons (Fsp3) is 0.480. The van der Waals surface area contributed by atoms with E-state index in [9.17, 15) is 18.0 Å². The molecule has 3 nitrogen and oxygen atoms in total. The molecule has 0 saturated heterocycles. The van der Waals surface area contributed by atoms with Gasteiger partial charge in [-0.15, -0.1) is 0 Å². The topological polar surface area (TPSA) is 32.3 Å². The lowest BCUT2D eigenvalue weighted by Crippen LogP contribution is -2.50. The van der Waals surface area contributed by atoms with Crippen molar-refractivity contribution in [3.63, 3.8) is 0 Å². The van der Waals surface area contributed by atoms with Crippen molar-refractivity contribution in [2.24, 2.45) is 5.92 Å². The number of nitrogens with one attached hydrogen (secondary N) is 1. The van der Waals surface area contributed by atoms with E-state index in [4.69, 9.17) is 0 Å². The second-order valence-electron chi connectivity index (χ2n) is 8.80. The third-order valence-corrected chi connectivity index (χ3v) is 6.81. The highest BCUT2D eigenvalue weighted by atomic mass is 19.4. The van der Waals surface area contributed by atoms with Gasteiger partial charge in [-0.1, -0.05) is 55.7 Å². The number of carbonyl (C=O) groups is 1. The fourth-order valence-electron chi connectivity index (χ4n) is 5.03. The number of hydrogen-bond acceptors (Lipinski definition) is 1. The molecule has 2 aromatic carbocycles. The number of nitrogens with zero attached hydrogens (tertiary/aromatic N) is 1. The van der Waals surface area contributed by atoms with Crippen LogP contribution in [0.15, 0.2) is 48.5 Å². The molecule has 0 aromatic heterocycles. The molecule has 0 radical (unpaired) electrons. The summed E-state index contributed by atoms with van der Waals surface area (Å²) < 4.78 is 39.2. The van der Waals surface area contributed by atoms with Crippen molar-refractivity contribution >= 4 is 6.03 Å². The van der Waals surface area contributed by atoms with Crippen LogP contribution in [0.2, 0.25) is 0 Å². The smallest absolute Gasteiger partial charge is 0.335 e. The molecule has 2 aliphatic rings. The van der Waals surface area contributed by atoms with Crippen molar-refractivity contribution in [3.8, 4) is 0 Å². The fourth-order valence-corrected chi connectivity index (χ4v) is 5.03.